The number of allylic oxidation sites excluding steroid dienone is 2. The average molecular weight is 95.1 g/mol. The van der Waals surface area contributed by atoms with E-state index in [0.717, 1.165) is 13.0 Å². The lowest BCUT2D eigenvalue weighted by Crippen LogP contribution is -2.16. The molecule has 7 heavy (non-hydrogen) atoms. The SMILES string of the molecule is CC1=CC[C]CN1. The minimum absolute atomic E-state index is 0.919. The van der Waals surface area contributed by atoms with Gasteiger partial charge in [0.1, 0.15) is 0 Å². The second-order valence-corrected chi connectivity index (χ2v) is 1.69. The summed E-state index contributed by atoms with van der Waals surface area (Å²) in [5.74, 6) is 0. The van der Waals surface area contributed by atoms with Crippen molar-refractivity contribution in [3.63, 3.8) is 0 Å². The topological polar surface area (TPSA) is 12.0 Å². The van der Waals surface area contributed by atoms with Crippen LogP contribution in [0.1, 0.15) is 13.3 Å². The lowest BCUT2D eigenvalue weighted by molar-refractivity contribution is 0.803. The fourth-order valence-electron chi connectivity index (χ4n) is 0.572. The Kier molecular flexibility index (Phi) is 1.35. The van der Waals surface area contributed by atoms with Gasteiger partial charge >= 0.3 is 0 Å². The van der Waals surface area contributed by atoms with Crippen molar-refractivity contribution in [1.82, 2.24) is 5.32 Å². The van der Waals surface area contributed by atoms with E-state index in [9.17, 15) is 0 Å². The van der Waals surface area contributed by atoms with E-state index in [1.807, 2.05) is 0 Å². The molecule has 1 heterocycles. The summed E-state index contributed by atoms with van der Waals surface area (Å²) in [6, 6.07) is 0. The smallest absolute Gasteiger partial charge is 0.0216 e. The zero-order valence-electron chi connectivity index (χ0n) is 4.49. The summed E-state index contributed by atoms with van der Waals surface area (Å²) in [7, 11) is 0. The van der Waals surface area contributed by atoms with Gasteiger partial charge in [-0.1, -0.05) is 6.08 Å². The molecule has 0 unspecified atom stereocenters. The molecule has 0 aliphatic carbocycles. The van der Waals surface area contributed by atoms with Crippen LogP contribution in [0.2, 0.25) is 0 Å². The average Bonchev–Trinajstić information content (AvgIpc) is 1.69. The van der Waals surface area contributed by atoms with Crippen LogP contribution in [0, 0.1) is 6.42 Å². The second-order valence-electron chi connectivity index (χ2n) is 1.69. The molecule has 1 aliphatic heterocycles. The largest absolute Gasteiger partial charge is 0.388 e. The third-order valence-electron chi connectivity index (χ3n) is 1.04. The van der Waals surface area contributed by atoms with Gasteiger partial charge < -0.3 is 5.32 Å². The third kappa shape index (κ3) is 1.22. The van der Waals surface area contributed by atoms with Crippen LogP contribution in [0.25, 0.3) is 0 Å². The maximum Gasteiger partial charge on any atom is 0.0216 e. The molecule has 2 radical (unpaired) electrons. The minimum atomic E-state index is 0.919. The second kappa shape index (κ2) is 2.01. The molecule has 0 aromatic heterocycles. The van der Waals surface area contributed by atoms with Crippen LogP contribution >= 0.6 is 0 Å². The highest BCUT2D eigenvalue weighted by Crippen LogP contribution is 1.99. The maximum atomic E-state index is 3.13. The molecule has 0 saturated carbocycles. The Balaban J connectivity index is 2.40. The fraction of sp³-hybridized carbons (Fsp3) is 0.500. The summed E-state index contributed by atoms with van der Waals surface area (Å²) in [6.45, 7) is 2.99. The Bertz CT molecular complexity index is 84.2. The number of nitrogens with one attached hydrogen (secondary N) is 1. The first-order chi connectivity index (χ1) is 3.39. The molecule has 1 heteroatoms. The summed E-state index contributed by atoms with van der Waals surface area (Å²) in [5.41, 5.74) is 1.28. The zero-order chi connectivity index (χ0) is 5.11. The molecular formula is C6H9N. The van der Waals surface area contributed by atoms with Crippen LogP contribution in [-0.2, 0) is 0 Å². The Morgan fingerprint density at radius 3 is 3.00 bits per heavy atom. The molecule has 0 saturated heterocycles. The van der Waals surface area contributed by atoms with Crippen LogP contribution in [0.4, 0.5) is 0 Å². The predicted octanol–water partition coefficient (Wildman–Crippen LogP) is 0.965. The van der Waals surface area contributed by atoms with Crippen molar-refractivity contribution in [2.45, 2.75) is 13.3 Å². The molecule has 0 aromatic carbocycles. The summed E-state index contributed by atoms with van der Waals surface area (Å²) in [5, 5.41) is 3.13. The van der Waals surface area contributed by atoms with Gasteiger partial charge in [-0.15, -0.1) is 0 Å². The zero-order valence-corrected chi connectivity index (χ0v) is 4.49. The first-order valence-electron chi connectivity index (χ1n) is 2.51. The van der Waals surface area contributed by atoms with Crippen molar-refractivity contribution in [3.8, 4) is 0 Å². The van der Waals surface area contributed by atoms with Gasteiger partial charge in [-0.25, -0.2) is 0 Å². The Morgan fingerprint density at radius 2 is 2.71 bits per heavy atom. The van der Waals surface area contributed by atoms with Crippen molar-refractivity contribution in [1.29, 1.82) is 0 Å². The van der Waals surface area contributed by atoms with E-state index in [0.29, 0.717) is 0 Å². The van der Waals surface area contributed by atoms with Gasteiger partial charge in [0.2, 0.25) is 0 Å². The molecule has 0 atom stereocenters. The fourth-order valence-corrected chi connectivity index (χ4v) is 0.572. The van der Waals surface area contributed by atoms with Crippen LogP contribution in [0.5, 0.6) is 0 Å². The lowest BCUT2D eigenvalue weighted by atomic mass is 10.2. The van der Waals surface area contributed by atoms with E-state index < -0.39 is 0 Å². The molecule has 0 spiro atoms. The molecule has 1 rings (SSSR count). The van der Waals surface area contributed by atoms with Crippen LogP contribution in [0.3, 0.4) is 0 Å². The standard InChI is InChI=1S/C6H9N/c1-6-4-2-3-5-7-6/h4,7H,2,5H2,1H3. The van der Waals surface area contributed by atoms with Crippen molar-refractivity contribution in [2.75, 3.05) is 6.54 Å². The highest BCUT2D eigenvalue weighted by Gasteiger charge is 1.93. The molecule has 1 N–H and O–H groups in total. The molecular weight excluding hydrogens is 86.1 g/mol. The van der Waals surface area contributed by atoms with Crippen molar-refractivity contribution < 1.29 is 0 Å². The summed E-state index contributed by atoms with van der Waals surface area (Å²) in [4.78, 5) is 0. The van der Waals surface area contributed by atoms with Gasteiger partial charge in [-0.3, -0.25) is 0 Å². The summed E-state index contributed by atoms with van der Waals surface area (Å²) in [6.07, 6.45) is 6.27. The van der Waals surface area contributed by atoms with Crippen LogP contribution in [0.15, 0.2) is 11.8 Å². The minimum Gasteiger partial charge on any atom is -0.388 e. The molecule has 0 aromatic rings. The number of rotatable bonds is 0. The molecule has 1 nitrogen and oxygen atoms in total. The lowest BCUT2D eigenvalue weighted by Gasteiger charge is -2.09. The molecule has 1 aliphatic rings. The number of hydrogen-bond donors (Lipinski definition) is 1. The van der Waals surface area contributed by atoms with Crippen molar-refractivity contribution in [2.24, 2.45) is 0 Å². The maximum absolute atomic E-state index is 3.13. The molecule has 0 fully saturated rings. The normalized spacial score (nSPS) is 20.4. The van der Waals surface area contributed by atoms with E-state index in [1.54, 1.807) is 0 Å². The first-order valence-corrected chi connectivity index (χ1v) is 2.51. The quantitative estimate of drug-likeness (QED) is 0.472. The molecule has 38 valence electrons. The predicted molar refractivity (Wildman–Crippen MR) is 29.6 cm³/mol. The molecule has 0 amide bonds. The van der Waals surface area contributed by atoms with E-state index in [2.05, 4.69) is 24.7 Å². The Hall–Kier alpha value is -0.460. The highest BCUT2D eigenvalue weighted by molar-refractivity contribution is 5.03. The van der Waals surface area contributed by atoms with Crippen LogP contribution < -0.4 is 5.32 Å². The Morgan fingerprint density at radius 1 is 1.86 bits per heavy atom. The van der Waals surface area contributed by atoms with Gasteiger partial charge in [0, 0.05) is 18.7 Å². The van der Waals surface area contributed by atoms with Gasteiger partial charge in [0.05, 0.1) is 0 Å². The van der Waals surface area contributed by atoms with Crippen molar-refractivity contribution >= 4 is 0 Å². The summed E-state index contributed by atoms with van der Waals surface area (Å²) >= 11 is 0. The highest BCUT2D eigenvalue weighted by atomic mass is 14.9. The molecule has 0 bridgehead atoms. The van der Waals surface area contributed by atoms with Gasteiger partial charge in [0.15, 0.2) is 0 Å². The third-order valence-corrected chi connectivity index (χ3v) is 1.04. The van der Waals surface area contributed by atoms with E-state index in [1.165, 1.54) is 5.70 Å². The van der Waals surface area contributed by atoms with E-state index in [-0.39, 0.29) is 0 Å². The van der Waals surface area contributed by atoms with Crippen LogP contribution in [-0.4, -0.2) is 6.54 Å². The summed E-state index contributed by atoms with van der Waals surface area (Å²) < 4.78 is 0. The van der Waals surface area contributed by atoms with Gasteiger partial charge in [0.25, 0.3) is 0 Å². The van der Waals surface area contributed by atoms with Gasteiger partial charge in [-0.05, 0) is 13.3 Å². The van der Waals surface area contributed by atoms with E-state index >= 15 is 0 Å². The van der Waals surface area contributed by atoms with Crippen molar-refractivity contribution in [3.05, 3.63) is 18.2 Å². The van der Waals surface area contributed by atoms with Gasteiger partial charge in [-0.2, -0.15) is 0 Å². The first kappa shape index (κ1) is 4.69. The number of hydrogen-bond acceptors (Lipinski definition) is 1. The Labute approximate surface area is 44.4 Å². The monoisotopic (exact) mass is 95.1 g/mol. The van der Waals surface area contributed by atoms with E-state index in [4.69, 9.17) is 0 Å².